The van der Waals surface area contributed by atoms with E-state index in [1.165, 1.54) is 6.92 Å². The molecule has 0 N–H and O–H groups in total. The van der Waals surface area contributed by atoms with Gasteiger partial charge in [0.05, 0.1) is 11.1 Å². The summed E-state index contributed by atoms with van der Waals surface area (Å²) in [6, 6.07) is 1.46. The predicted octanol–water partition coefficient (Wildman–Crippen LogP) is 4.03. The summed E-state index contributed by atoms with van der Waals surface area (Å²) in [5.41, 5.74) is -2.64. The molecule has 1 aromatic carbocycles. The van der Waals surface area contributed by atoms with Gasteiger partial charge in [-0.3, -0.25) is 0 Å². The Bertz CT molecular complexity index is 328. The van der Waals surface area contributed by atoms with Crippen LogP contribution in [0.5, 0.6) is 0 Å². The number of rotatable bonds is 0. The number of alkyl halides is 6. The molecule has 6 heteroatoms. The van der Waals surface area contributed by atoms with E-state index in [0.717, 1.165) is 0 Å². The first-order valence-electron chi connectivity index (χ1n) is 3.87. The van der Waals surface area contributed by atoms with Gasteiger partial charge in [0, 0.05) is 0 Å². The maximum absolute atomic E-state index is 12.2. The zero-order chi connectivity index (χ0) is 11.9. The second-order valence-electron chi connectivity index (χ2n) is 3.08. The van der Waals surface area contributed by atoms with Crippen LogP contribution in [0.25, 0.3) is 0 Å². The van der Waals surface area contributed by atoms with Crippen LogP contribution in [0.3, 0.4) is 0 Å². The summed E-state index contributed by atoms with van der Waals surface area (Å²) in [4.78, 5) is 0. The first kappa shape index (κ1) is 11.9. The smallest absolute Gasteiger partial charge is 0.166 e. The number of halogens is 6. The third kappa shape index (κ3) is 2.87. The zero-order valence-corrected chi connectivity index (χ0v) is 7.50. The van der Waals surface area contributed by atoms with Crippen molar-refractivity contribution < 1.29 is 26.3 Å². The van der Waals surface area contributed by atoms with Crippen LogP contribution in [0, 0.1) is 6.92 Å². The van der Waals surface area contributed by atoms with Gasteiger partial charge in [-0.15, -0.1) is 0 Å². The molecule has 1 rings (SSSR count). The van der Waals surface area contributed by atoms with Crippen molar-refractivity contribution >= 4 is 0 Å². The van der Waals surface area contributed by atoms with Crippen molar-refractivity contribution in [3.05, 3.63) is 34.9 Å². The van der Waals surface area contributed by atoms with Crippen molar-refractivity contribution in [1.82, 2.24) is 0 Å². The highest BCUT2D eigenvalue weighted by Gasteiger charge is 2.36. The minimum absolute atomic E-state index is 0.0721. The van der Waals surface area contributed by atoms with Crippen LogP contribution in [-0.4, -0.2) is 0 Å². The molecule has 15 heavy (non-hydrogen) atoms. The highest BCUT2D eigenvalue weighted by Crippen LogP contribution is 2.35. The molecule has 0 atom stereocenters. The Morgan fingerprint density at radius 1 is 0.733 bits per heavy atom. The van der Waals surface area contributed by atoms with Crippen LogP contribution in [0.15, 0.2) is 18.2 Å². The zero-order valence-electron chi connectivity index (χ0n) is 7.50. The fourth-order valence-corrected chi connectivity index (χ4v) is 1.11. The highest BCUT2D eigenvalue weighted by molar-refractivity contribution is 5.32. The minimum Gasteiger partial charge on any atom is -0.166 e. The van der Waals surface area contributed by atoms with Gasteiger partial charge in [-0.1, -0.05) is 0 Å². The van der Waals surface area contributed by atoms with E-state index < -0.39 is 23.5 Å². The maximum Gasteiger partial charge on any atom is 0.416 e. The summed E-state index contributed by atoms with van der Waals surface area (Å²) in [6.07, 6.45) is -9.52. The Balaban J connectivity index is 3.30. The molecule has 0 aliphatic carbocycles. The Labute approximate surface area is 81.5 Å². The summed E-state index contributed by atoms with van der Waals surface area (Å²) >= 11 is 0. The SMILES string of the molecule is Cc1cc(C(F)(F)F)cc(C(F)(F)F)c1. The van der Waals surface area contributed by atoms with Crippen LogP contribution in [0.2, 0.25) is 0 Å². The molecule has 84 valence electrons. The molecule has 0 spiro atoms. The van der Waals surface area contributed by atoms with E-state index in [4.69, 9.17) is 0 Å². The Kier molecular flexibility index (Phi) is 2.71. The molecular formula is C9H6F6. The van der Waals surface area contributed by atoms with E-state index in [9.17, 15) is 26.3 Å². The first-order valence-corrected chi connectivity index (χ1v) is 3.87. The van der Waals surface area contributed by atoms with Crippen LogP contribution in [-0.2, 0) is 12.4 Å². The van der Waals surface area contributed by atoms with Gasteiger partial charge in [-0.2, -0.15) is 26.3 Å². The van der Waals surface area contributed by atoms with Gasteiger partial charge in [0.2, 0.25) is 0 Å². The van der Waals surface area contributed by atoms with Gasteiger partial charge in [0.1, 0.15) is 0 Å². The van der Waals surface area contributed by atoms with Crippen molar-refractivity contribution in [3.63, 3.8) is 0 Å². The van der Waals surface area contributed by atoms with Gasteiger partial charge in [-0.25, -0.2) is 0 Å². The minimum atomic E-state index is -4.76. The molecule has 0 amide bonds. The number of aryl methyl sites for hydroxylation is 1. The van der Waals surface area contributed by atoms with Crippen LogP contribution in [0.1, 0.15) is 16.7 Å². The summed E-state index contributed by atoms with van der Waals surface area (Å²) < 4.78 is 73.0. The van der Waals surface area contributed by atoms with E-state index >= 15 is 0 Å². The number of benzene rings is 1. The monoisotopic (exact) mass is 228 g/mol. The van der Waals surface area contributed by atoms with Gasteiger partial charge < -0.3 is 0 Å². The average molecular weight is 228 g/mol. The fourth-order valence-electron chi connectivity index (χ4n) is 1.11. The molecule has 0 unspecified atom stereocenters. The molecule has 0 aliphatic heterocycles. The number of hydrogen-bond donors (Lipinski definition) is 0. The van der Waals surface area contributed by atoms with Gasteiger partial charge in [-0.05, 0) is 30.7 Å². The second-order valence-corrected chi connectivity index (χ2v) is 3.08. The molecule has 0 heterocycles. The lowest BCUT2D eigenvalue weighted by molar-refractivity contribution is -0.143. The average Bonchev–Trinajstić information content (AvgIpc) is 1.99. The largest absolute Gasteiger partial charge is 0.416 e. The third-order valence-electron chi connectivity index (χ3n) is 1.73. The summed E-state index contributed by atoms with van der Waals surface area (Å²) in [5.74, 6) is 0. The maximum atomic E-state index is 12.2. The highest BCUT2D eigenvalue weighted by atomic mass is 19.4. The number of hydrogen-bond acceptors (Lipinski definition) is 0. The van der Waals surface area contributed by atoms with Crippen molar-refractivity contribution in [3.8, 4) is 0 Å². The lowest BCUT2D eigenvalue weighted by Gasteiger charge is -2.12. The van der Waals surface area contributed by atoms with E-state index in [0.29, 0.717) is 12.1 Å². The summed E-state index contributed by atoms with van der Waals surface area (Å²) in [6.45, 7) is 1.18. The lowest BCUT2D eigenvalue weighted by Crippen LogP contribution is -2.11. The molecule has 0 nitrogen and oxygen atoms in total. The molecule has 0 aromatic heterocycles. The summed E-state index contributed by atoms with van der Waals surface area (Å²) in [5, 5.41) is 0. The van der Waals surface area contributed by atoms with E-state index in [1.807, 2.05) is 0 Å². The van der Waals surface area contributed by atoms with E-state index in [2.05, 4.69) is 0 Å². The standard InChI is InChI=1S/C9H6F6/c1-5-2-6(8(10,11)12)4-7(3-5)9(13,14)15/h2-4H,1H3. The van der Waals surface area contributed by atoms with Crippen molar-refractivity contribution in [2.45, 2.75) is 19.3 Å². The molecule has 0 bridgehead atoms. The molecule has 0 fully saturated rings. The lowest BCUT2D eigenvalue weighted by atomic mass is 10.1. The van der Waals surface area contributed by atoms with Gasteiger partial charge >= 0.3 is 12.4 Å². The third-order valence-corrected chi connectivity index (χ3v) is 1.73. The first-order chi connectivity index (χ1) is 6.60. The second kappa shape index (κ2) is 3.43. The van der Waals surface area contributed by atoms with E-state index in [-0.39, 0.29) is 11.6 Å². The van der Waals surface area contributed by atoms with Crippen LogP contribution in [0.4, 0.5) is 26.3 Å². The van der Waals surface area contributed by atoms with Crippen LogP contribution >= 0.6 is 0 Å². The van der Waals surface area contributed by atoms with Crippen LogP contribution < -0.4 is 0 Å². The Morgan fingerprint density at radius 3 is 1.33 bits per heavy atom. The molecule has 0 saturated heterocycles. The van der Waals surface area contributed by atoms with Crippen molar-refractivity contribution in [1.29, 1.82) is 0 Å². The van der Waals surface area contributed by atoms with Crippen molar-refractivity contribution in [2.24, 2.45) is 0 Å². The van der Waals surface area contributed by atoms with Crippen molar-refractivity contribution in [2.75, 3.05) is 0 Å². The topological polar surface area (TPSA) is 0 Å². The molecule has 0 aliphatic rings. The predicted molar refractivity (Wildman–Crippen MR) is 41.2 cm³/mol. The summed E-state index contributed by atoms with van der Waals surface area (Å²) in [7, 11) is 0. The molecule has 1 aromatic rings. The molecular weight excluding hydrogens is 222 g/mol. The normalized spacial score (nSPS) is 13.0. The van der Waals surface area contributed by atoms with E-state index in [1.54, 1.807) is 0 Å². The Hall–Kier alpha value is -1.20. The molecule has 0 radical (unpaired) electrons. The Morgan fingerprint density at radius 2 is 1.07 bits per heavy atom. The molecule has 0 saturated carbocycles. The fraction of sp³-hybridized carbons (Fsp3) is 0.333. The quantitative estimate of drug-likeness (QED) is 0.588. The van der Waals surface area contributed by atoms with Gasteiger partial charge in [0.25, 0.3) is 0 Å². The van der Waals surface area contributed by atoms with Gasteiger partial charge in [0.15, 0.2) is 0 Å².